The molecule has 1 heterocycles. The van der Waals surface area contributed by atoms with E-state index in [0.717, 1.165) is 10.7 Å². The van der Waals surface area contributed by atoms with Gasteiger partial charge in [-0.15, -0.1) is 0 Å². The molecule has 0 radical (unpaired) electrons. The van der Waals surface area contributed by atoms with E-state index in [1.165, 1.54) is 14.2 Å². The number of hydrogen-bond acceptors (Lipinski definition) is 6. The summed E-state index contributed by atoms with van der Waals surface area (Å²) in [5, 5.41) is 22.5. The minimum Gasteiger partial charge on any atom is -0.506 e. The summed E-state index contributed by atoms with van der Waals surface area (Å²) >= 11 is 0. The Bertz CT molecular complexity index is 681. The Hall–Kier alpha value is -2.54. The predicted molar refractivity (Wildman–Crippen MR) is 70.5 cm³/mol. The molecular formula is C13H14N2O5. The number of aliphatic hydroxyl groups is 1. The molecule has 0 aliphatic rings. The topological polar surface area (TPSA) is 93.8 Å². The van der Waals surface area contributed by atoms with E-state index in [1.807, 2.05) is 0 Å². The van der Waals surface area contributed by atoms with Gasteiger partial charge in [-0.05, 0) is 12.1 Å². The van der Waals surface area contributed by atoms with Crippen LogP contribution in [-0.2, 0) is 6.61 Å². The molecule has 0 saturated heterocycles. The molecule has 20 heavy (non-hydrogen) atoms. The molecule has 2 N–H and O–H groups in total. The number of aromatic hydroxyl groups is 1. The number of benzene rings is 1. The van der Waals surface area contributed by atoms with Crippen LogP contribution >= 0.6 is 0 Å². The van der Waals surface area contributed by atoms with Gasteiger partial charge >= 0.3 is 0 Å². The van der Waals surface area contributed by atoms with Crippen LogP contribution in [0.5, 0.6) is 17.2 Å². The lowest BCUT2D eigenvalue weighted by Gasteiger charge is -2.12. The van der Waals surface area contributed by atoms with Gasteiger partial charge in [0.15, 0.2) is 0 Å². The molecule has 0 amide bonds. The first-order valence-electron chi connectivity index (χ1n) is 5.76. The van der Waals surface area contributed by atoms with E-state index in [-0.39, 0.29) is 11.4 Å². The molecule has 2 aromatic rings. The van der Waals surface area contributed by atoms with Crippen molar-refractivity contribution in [1.82, 2.24) is 9.78 Å². The standard InChI is InChI=1S/C13H14N2O5/c1-19-8-3-4-12(20-2)10(5-8)15-13(18)6-11(17)9(7-16)14-15/h3-6,16-17H,7H2,1-2H3. The molecule has 0 aliphatic carbocycles. The number of nitrogens with zero attached hydrogens (tertiary/aromatic N) is 2. The summed E-state index contributed by atoms with van der Waals surface area (Å²) in [4.78, 5) is 11.9. The first-order chi connectivity index (χ1) is 9.60. The second-order valence-corrected chi connectivity index (χ2v) is 3.92. The van der Waals surface area contributed by atoms with Gasteiger partial charge in [-0.3, -0.25) is 4.79 Å². The van der Waals surface area contributed by atoms with Crippen LogP contribution in [0, 0.1) is 0 Å². The fraction of sp³-hybridized carbons (Fsp3) is 0.231. The molecule has 0 spiro atoms. The molecule has 7 nitrogen and oxygen atoms in total. The molecule has 7 heteroatoms. The highest BCUT2D eigenvalue weighted by molar-refractivity contribution is 5.51. The Morgan fingerprint density at radius 1 is 1.25 bits per heavy atom. The molecule has 2 rings (SSSR count). The number of aliphatic hydroxyl groups excluding tert-OH is 1. The summed E-state index contributed by atoms with van der Waals surface area (Å²) in [6, 6.07) is 5.87. The summed E-state index contributed by atoms with van der Waals surface area (Å²) in [6.45, 7) is -0.488. The summed E-state index contributed by atoms with van der Waals surface area (Å²) in [5.74, 6) is 0.582. The molecule has 0 bridgehead atoms. The van der Waals surface area contributed by atoms with E-state index >= 15 is 0 Å². The molecule has 1 aromatic heterocycles. The van der Waals surface area contributed by atoms with Crippen molar-refractivity contribution in [2.75, 3.05) is 14.2 Å². The number of rotatable bonds is 4. The van der Waals surface area contributed by atoms with Crippen LogP contribution in [0.25, 0.3) is 5.69 Å². The Morgan fingerprint density at radius 3 is 2.60 bits per heavy atom. The van der Waals surface area contributed by atoms with E-state index in [4.69, 9.17) is 14.6 Å². The number of methoxy groups -OCH3 is 2. The maximum Gasteiger partial charge on any atom is 0.275 e. The van der Waals surface area contributed by atoms with Crippen molar-refractivity contribution in [3.8, 4) is 22.9 Å². The third kappa shape index (κ3) is 2.43. The van der Waals surface area contributed by atoms with Gasteiger partial charge < -0.3 is 19.7 Å². The quantitative estimate of drug-likeness (QED) is 0.843. The molecule has 0 unspecified atom stereocenters. The Kier molecular flexibility index (Phi) is 3.90. The largest absolute Gasteiger partial charge is 0.506 e. The molecule has 106 valence electrons. The van der Waals surface area contributed by atoms with Crippen LogP contribution in [0.15, 0.2) is 29.1 Å². The fourth-order valence-corrected chi connectivity index (χ4v) is 1.73. The van der Waals surface area contributed by atoms with Crippen LogP contribution < -0.4 is 15.0 Å². The zero-order chi connectivity index (χ0) is 14.7. The van der Waals surface area contributed by atoms with Gasteiger partial charge in [0, 0.05) is 12.1 Å². The Morgan fingerprint density at radius 2 is 2.00 bits per heavy atom. The molecule has 0 aliphatic heterocycles. The smallest absolute Gasteiger partial charge is 0.275 e. The Balaban J connectivity index is 2.69. The van der Waals surface area contributed by atoms with E-state index in [0.29, 0.717) is 17.2 Å². The summed E-state index contributed by atoms with van der Waals surface area (Å²) in [5.41, 5.74) is -0.202. The van der Waals surface area contributed by atoms with Gasteiger partial charge in [-0.2, -0.15) is 9.78 Å². The lowest BCUT2D eigenvalue weighted by atomic mass is 10.2. The van der Waals surface area contributed by atoms with Crippen molar-refractivity contribution in [2.24, 2.45) is 0 Å². The van der Waals surface area contributed by atoms with Crippen LogP contribution in [-0.4, -0.2) is 34.2 Å². The van der Waals surface area contributed by atoms with Crippen molar-refractivity contribution in [3.05, 3.63) is 40.3 Å². The van der Waals surface area contributed by atoms with Crippen molar-refractivity contribution in [1.29, 1.82) is 0 Å². The molecule has 1 aromatic carbocycles. The van der Waals surface area contributed by atoms with Crippen molar-refractivity contribution < 1.29 is 19.7 Å². The van der Waals surface area contributed by atoms with Crippen LogP contribution in [0.4, 0.5) is 0 Å². The van der Waals surface area contributed by atoms with Gasteiger partial charge in [0.2, 0.25) is 0 Å². The van der Waals surface area contributed by atoms with Crippen LogP contribution in [0.2, 0.25) is 0 Å². The summed E-state index contributed by atoms with van der Waals surface area (Å²) in [7, 11) is 2.96. The third-order valence-electron chi connectivity index (χ3n) is 2.75. The molecule has 0 fully saturated rings. The van der Waals surface area contributed by atoms with Gasteiger partial charge in [0.05, 0.1) is 20.8 Å². The highest BCUT2D eigenvalue weighted by atomic mass is 16.5. The van der Waals surface area contributed by atoms with Gasteiger partial charge in [0.25, 0.3) is 5.56 Å². The minimum atomic E-state index is -0.550. The van der Waals surface area contributed by atoms with Crippen molar-refractivity contribution in [3.63, 3.8) is 0 Å². The third-order valence-corrected chi connectivity index (χ3v) is 2.75. The van der Waals surface area contributed by atoms with Crippen molar-refractivity contribution in [2.45, 2.75) is 6.61 Å². The lowest BCUT2D eigenvalue weighted by Crippen LogP contribution is -2.22. The maximum atomic E-state index is 11.9. The number of aromatic nitrogens is 2. The van der Waals surface area contributed by atoms with Crippen molar-refractivity contribution >= 4 is 0 Å². The lowest BCUT2D eigenvalue weighted by molar-refractivity contribution is 0.266. The second kappa shape index (κ2) is 5.62. The van der Waals surface area contributed by atoms with Gasteiger partial charge in [-0.1, -0.05) is 0 Å². The van der Waals surface area contributed by atoms with Gasteiger partial charge in [-0.25, -0.2) is 0 Å². The minimum absolute atomic E-state index is 0.00512. The monoisotopic (exact) mass is 278 g/mol. The highest BCUT2D eigenvalue weighted by Gasteiger charge is 2.13. The second-order valence-electron chi connectivity index (χ2n) is 3.92. The van der Waals surface area contributed by atoms with Gasteiger partial charge in [0.1, 0.15) is 28.6 Å². The zero-order valence-electron chi connectivity index (χ0n) is 11.0. The first kappa shape index (κ1) is 13.9. The van der Waals surface area contributed by atoms with E-state index < -0.39 is 12.2 Å². The first-order valence-corrected chi connectivity index (χ1v) is 5.76. The highest BCUT2D eigenvalue weighted by Crippen LogP contribution is 2.26. The number of hydrogen-bond donors (Lipinski definition) is 2. The summed E-state index contributed by atoms with van der Waals surface area (Å²) < 4.78 is 11.3. The predicted octanol–water partition coefficient (Wildman–Crippen LogP) is 0.448. The average molecular weight is 278 g/mol. The summed E-state index contributed by atoms with van der Waals surface area (Å²) in [6.07, 6.45) is 0. The molecular weight excluding hydrogens is 264 g/mol. The maximum absolute atomic E-state index is 11.9. The van der Waals surface area contributed by atoms with E-state index in [9.17, 15) is 9.90 Å². The normalized spacial score (nSPS) is 10.3. The molecule has 0 atom stereocenters. The van der Waals surface area contributed by atoms with Crippen LogP contribution in [0.1, 0.15) is 5.69 Å². The fourth-order valence-electron chi connectivity index (χ4n) is 1.73. The van der Waals surface area contributed by atoms with E-state index in [1.54, 1.807) is 18.2 Å². The average Bonchev–Trinajstić information content (AvgIpc) is 2.47. The zero-order valence-corrected chi connectivity index (χ0v) is 11.0. The molecule has 0 saturated carbocycles. The SMILES string of the molecule is COc1ccc(OC)c(-n2nc(CO)c(O)cc2=O)c1. The van der Waals surface area contributed by atoms with E-state index in [2.05, 4.69) is 5.10 Å². The van der Waals surface area contributed by atoms with Crippen LogP contribution in [0.3, 0.4) is 0 Å². The Labute approximate surface area is 114 Å². The number of ether oxygens (including phenoxy) is 2.